The quantitative estimate of drug-likeness (QED) is 0.386. The molecule has 0 saturated heterocycles. The van der Waals surface area contributed by atoms with E-state index in [1.807, 2.05) is 12.1 Å². The first-order valence-electron chi connectivity index (χ1n) is 8.69. The normalized spacial score (nSPS) is 10.9. The van der Waals surface area contributed by atoms with Crippen molar-refractivity contribution in [3.63, 3.8) is 0 Å². The molecule has 1 N–H and O–H groups in total. The van der Waals surface area contributed by atoms with Crippen molar-refractivity contribution in [2.45, 2.75) is 0 Å². The second-order valence-corrected chi connectivity index (χ2v) is 6.96. The first-order chi connectivity index (χ1) is 14.0. The van der Waals surface area contributed by atoms with Gasteiger partial charge >= 0.3 is 0 Å². The lowest BCUT2D eigenvalue weighted by atomic mass is 10.0. The highest BCUT2D eigenvalue weighted by Gasteiger charge is 2.05. The molecule has 4 nitrogen and oxygen atoms in total. The van der Waals surface area contributed by atoms with Gasteiger partial charge in [-0.2, -0.15) is 5.26 Å². The van der Waals surface area contributed by atoms with E-state index in [9.17, 15) is 10.1 Å². The van der Waals surface area contributed by atoms with Crippen molar-refractivity contribution in [3.8, 4) is 11.8 Å². The van der Waals surface area contributed by atoms with E-state index in [-0.39, 0.29) is 12.5 Å². The van der Waals surface area contributed by atoms with E-state index in [0.29, 0.717) is 27.1 Å². The lowest BCUT2D eigenvalue weighted by molar-refractivity contribution is -0.118. The van der Waals surface area contributed by atoms with E-state index in [1.165, 1.54) is 0 Å². The molecule has 0 bridgehead atoms. The minimum Gasteiger partial charge on any atom is -0.484 e. The van der Waals surface area contributed by atoms with Crippen LogP contribution in [0.3, 0.4) is 0 Å². The van der Waals surface area contributed by atoms with Gasteiger partial charge in [0.05, 0.1) is 11.6 Å². The van der Waals surface area contributed by atoms with Crippen molar-refractivity contribution >= 4 is 46.4 Å². The molecule has 0 aliphatic carbocycles. The molecule has 0 spiro atoms. The lowest BCUT2D eigenvalue weighted by Crippen LogP contribution is -2.20. The Hall–Kier alpha value is -3.26. The fourth-order valence-electron chi connectivity index (χ4n) is 2.52. The van der Waals surface area contributed by atoms with Gasteiger partial charge in [0.2, 0.25) is 0 Å². The summed E-state index contributed by atoms with van der Waals surface area (Å²) in [5.41, 5.74) is 2.80. The average Bonchev–Trinajstić information content (AvgIpc) is 2.74. The number of carbonyl (C=O) groups is 1. The van der Waals surface area contributed by atoms with Gasteiger partial charge in [0.25, 0.3) is 5.91 Å². The summed E-state index contributed by atoms with van der Waals surface area (Å²) in [7, 11) is 0. The number of benzene rings is 3. The van der Waals surface area contributed by atoms with Gasteiger partial charge in [-0.3, -0.25) is 4.79 Å². The number of carbonyl (C=O) groups excluding carboxylic acids is 1. The SMILES string of the molecule is N#C/C(=C\c1ccc(OCC(=O)Nc2ccc(Cl)cc2)cc1)c1ccc(Cl)cc1. The maximum atomic E-state index is 12.0. The van der Waals surface area contributed by atoms with Crippen LogP contribution in [-0.4, -0.2) is 12.5 Å². The lowest BCUT2D eigenvalue weighted by Gasteiger charge is -2.08. The Morgan fingerprint density at radius 2 is 1.52 bits per heavy atom. The van der Waals surface area contributed by atoms with Crippen molar-refractivity contribution < 1.29 is 9.53 Å². The second kappa shape index (κ2) is 9.79. The molecule has 3 aromatic rings. The van der Waals surface area contributed by atoms with E-state index in [1.54, 1.807) is 66.7 Å². The van der Waals surface area contributed by atoms with Crippen LogP contribution < -0.4 is 10.1 Å². The van der Waals surface area contributed by atoms with Crippen molar-refractivity contribution in [2.75, 3.05) is 11.9 Å². The van der Waals surface area contributed by atoms with E-state index < -0.39 is 0 Å². The molecule has 1 amide bonds. The van der Waals surface area contributed by atoms with E-state index in [0.717, 1.165) is 11.1 Å². The Kier molecular flexibility index (Phi) is 6.91. The summed E-state index contributed by atoms with van der Waals surface area (Å²) in [6.45, 7) is -0.119. The standard InChI is InChI=1S/C23H16Cl2N2O2/c24-19-5-3-17(4-6-19)18(14-26)13-16-1-11-22(12-2-16)29-15-23(28)27-21-9-7-20(25)8-10-21/h1-13H,15H2,(H,27,28)/b18-13+. The van der Waals surface area contributed by atoms with Crippen molar-refractivity contribution in [2.24, 2.45) is 0 Å². The molecule has 0 aliphatic heterocycles. The molecule has 0 aliphatic rings. The number of amides is 1. The third-order valence-electron chi connectivity index (χ3n) is 3.96. The Labute approximate surface area is 179 Å². The zero-order valence-electron chi connectivity index (χ0n) is 15.2. The third-order valence-corrected chi connectivity index (χ3v) is 4.47. The summed E-state index contributed by atoms with van der Waals surface area (Å²) < 4.78 is 5.51. The molecule has 29 heavy (non-hydrogen) atoms. The Balaban J connectivity index is 1.59. The minimum absolute atomic E-state index is 0.119. The number of ether oxygens (including phenoxy) is 1. The number of hydrogen-bond acceptors (Lipinski definition) is 3. The van der Waals surface area contributed by atoms with Gasteiger partial charge in [-0.05, 0) is 65.7 Å². The molecular formula is C23H16Cl2N2O2. The second-order valence-electron chi connectivity index (χ2n) is 6.09. The third kappa shape index (κ3) is 6.11. The fraction of sp³-hybridized carbons (Fsp3) is 0.0435. The van der Waals surface area contributed by atoms with Gasteiger partial charge in [0, 0.05) is 15.7 Å². The molecule has 6 heteroatoms. The van der Waals surface area contributed by atoms with Gasteiger partial charge < -0.3 is 10.1 Å². The highest BCUT2D eigenvalue weighted by Crippen LogP contribution is 2.21. The van der Waals surface area contributed by atoms with Crippen molar-refractivity contribution in [1.29, 1.82) is 5.26 Å². The molecule has 0 fully saturated rings. The van der Waals surface area contributed by atoms with Crippen LogP contribution in [0.2, 0.25) is 10.0 Å². The molecule has 0 saturated carbocycles. The van der Waals surface area contributed by atoms with Crippen LogP contribution in [-0.2, 0) is 4.79 Å². The van der Waals surface area contributed by atoms with Crippen molar-refractivity contribution in [3.05, 3.63) is 94.0 Å². The Bertz CT molecular complexity index is 1050. The summed E-state index contributed by atoms with van der Waals surface area (Å²) in [5, 5.41) is 13.4. The first kappa shape index (κ1) is 20.5. The van der Waals surface area contributed by atoms with Crippen LogP contribution in [0.25, 0.3) is 11.6 Å². The van der Waals surface area contributed by atoms with Crippen LogP contribution in [0, 0.1) is 11.3 Å². The predicted octanol–water partition coefficient (Wildman–Crippen LogP) is 6.08. The zero-order valence-corrected chi connectivity index (χ0v) is 16.7. The number of nitriles is 1. The van der Waals surface area contributed by atoms with Crippen LogP contribution in [0.15, 0.2) is 72.8 Å². The topological polar surface area (TPSA) is 62.1 Å². The smallest absolute Gasteiger partial charge is 0.262 e. The number of halogens is 2. The summed E-state index contributed by atoms with van der Waals surface area (Å²) in [6.07, 6.45) is 1.78. The molecule has 3 aromatic carbocycles. The van der Waals surface area contributed by atoms with E-state index in [4.69, 9.17) is 27.9 Å². The molecule has 144 valence electrons. The maximum absolute atomic E-state index is 12.0. The summed E-state index contributed by atoms with van der Waals surface area (Å²) in [4.78, 5) is 12.0. The molecule has 0 aromatic heterocycles. The van der Waals surface area contributed by atoms with Gasteiger partial charge in [-0.25, -0.2) is 0 Å². The summed E-state index contributed by atoms with van der Waals surface area (Å²) in [5.74, 6) is 0.282. The molecule has 3 rings (SSSR count). The number of nitrogens with zero attached hydrogens (tertiary/aromatic N) is 1. The highest BCUT2D eigenvalue weighted by molar-refractivity contribution is 6.30. The Morgan fingerprint density at radius 3 is 2.10 bits per heavy atom. The van der Waals surface area contributed by atoms with Crippen molar-refractivity contribution in [1.82, 2.24) is 0 Å². The van der Waals surface area contributed by atoms with Gasteiger partial charge in [0.1, 0.15) is 5.75 Å². The molecule has 0 atom stereocenters. The predicted molar refractivity (Wildman–Crippen MR) is 117 cm³/mol. The largest absolute Gasteiger partial charge is 0.484 e. The first-order valence-corrected chi connectivity index (χ1v) is 9.45. The number of nitrogens with one attached hydrogen (secondary N) is 1. The maximum Gasteiger partial charge on any atom is 0.262 e. The average molecular weight is 423 g/mol. The van der Waals surface area contributed by atoms with Crippen LogP contribution in [0.4, 0.5) is 5.69 Å². The van der Waals surface area contributed by atoms with Crippen LogP contribution in [0.1, 0.15) is 11.1 Å². The van der Waals surface area contributed by atoms with Gasteiger partial charge in [0.15, 0.2) is 6.61 Å². The van der Waals surface area contributed by atoms with Crippen LogP contribution in [0.5, 0.6) is 5.75 Å². The molecule has 0 heterocycles. The van der Waals surface area contributed by atoms with Gasteiger partial charge in [-0.15, -0.1) is 0 Å². The van der Waals surface area contributed by atoms with E-state index in [2.05, 4.69) is 11.4 Å². The van der Waals surface area contributed by atoms with Gasteiger partial charge in [-0.1, -0.05) is 47.5 Å². The molecule has 0 unspecified atom stereocenters. The highest BCUT2D eigenvalue weighted by atomic mass is 35.5. The number of rotatable bonds is 6. The number of allylic oxidation sites excluding steroid dienone is 1. The van der Waals surface area contributed by atoms with Crippen LogP contribution >= 0.6 is 23.2 Å². The number of hydrogen-bond donors (Lipinski definition) is 1. The molecule has 0 radical (unpaired) electrons. The monoisotopic (exact) mass is 422 g/mol. The number of anilines is 1. The Morgan fingerprint density at radius 1 is 0.931 bits per heavy atom. The summed E-state index contributed by atoms with van der Waals surface area (Å²) in [6, 6.07) is 23.2. The fourth-order valence-corrected chi connectivity index (χ4v) is 2.77. The van der Waals surface area contributed by atoms with E-state index >= 15 is 0 Å². The minimum atomic E-state index is -0.272. The summed E-state index contributed by atoms with van der Waals surface area (Å²) >= 11 is 11.7. The molecular weight excluding hydrogens is 407 g/mol. The zero-order chi connectivity index (χ0) is 20.6.